The summed E-state index contributed by atoms with van der Waals surface area (Å²) in [6.07, 6.45) is 5.40. The molecule has 0 radical (unpaired) electrons. The lowest BCUT2D eigenvalue weighted by molar-refractivity contribution is 0.0712. The Kier molecular flexibility index (Phi) is 8.06. The second kappa shape index (κ2) is 11.6. The SMILES string of the molecule is COc1cc(N2CCN3[C@@H](CCC[C@@H]3c3ccc(OCCOc4ccccn4)c(C)c3C)C2)ccc1Cl. The zero-order valence-corrected chi connectivity index (χ0v) is 22.7. The Bertz CT molecular complexity index is 1210. The molecule has 0 saturated carbocycles. The van der Waals surface area contributed by atoms with Gasteiger partial charge in [-0.2, -0.15) is 0 Å². The number of hydrogen-bond acceptors (Lipinski definition) is 6. The molecule has 2 fully saturated rings. The van der Waals surface area contributed by atoms with E-state index in [9.17, 15) is 0 Å². The highest BCUT2D eigenvalue weighted by Crippen LogP contribution is 2.40. The Morgan fingerprint density at radius 1 is 0.946 bits per heavy atom. The Balaban J connectivity index is 1.24. The first-order chi connectivity index (χ1) is 18.0. The summed E-state index contributed by atoms with van der Waals surface area (Å²) in [5.41, 5.74) is 5.16. The van der Waals surface area contributed by atoms with Crippen LogP contribution in [0.4, 0.5) is 5.69 Å². The van der Waals surface area contributed by atoms with Gasteiger partial charge in [0.05, 0.1) is 12.1 Å². The average Bonchev–Trinajstić information content (AvgIpc) is 2.93. The van der Waals surface area contributed by atoms with E-state index in [1.54, 1.807) is 13.3 Å². The van der Waals surface area contributed by atoms with Gasteiger partial charge in [0.15, 0.2) is 0 Å². The maximum atomic E-state index is 6.26. The molecule has 0 bridgehead atoms. The van der Waals surface area contributed by atoms with Crippen molar-refractivity contribution in [1.29, 1.82) is 0 Å². The molecule has 2 aliphatic rings. The fraction of sp³-hybridized carbons (Fsp3) is 0.433. The van der Waals surface area contributed by atoms with Crippen molar-refractivity contribution in [2.75, 3.05) is 44.9 Å². The molecule has 2 aromatic carbocycles. The van der Waals surface area contributed by atoms with E-state index >= 15 is 0 Å². The molecular formula is C30H36ClN3O3. The van der Waals surface area contributed by atoms with Crippen molar-refractivity contribution in [2.45, 2.75) is 45.2 Å². The Morgan fingerprint density at radius 2 is 1.81 bits per heavy atom. The summed E-state index contributed by atoms with van der Waals surface area (Å²) < 4.78 is 17.2. The Morgan fingerprint density at radius 3 is 2.62 bits per heavy atom. The first kappa shape index (κ1) is 25.7. The van der Waals surface area contributed by atoms with Crippen molar-refractivity contribution in [3.8, 4) is 17.4 Å². The van der Waals surface area contributed by atoms with Crippen LogP contribution in [-0.2, 0) is 0 Å². The lowest BCUT2D eigenvalue weighted by Crippen LogP contribution is -2.56. The van der Waals surface area contributed by atoms with Crippen molar-refractivity contribution < 1.29 is 14.2 Å². The van der Waals surface area contributed by atoms with Gasteiger partial charge in [-0.05, 0) is 74.1 Å². The molecule has 37 heavy (non-hydrogen) atoms. The average molecular weight is 522 g/mol. The number of methoxy groups -OCH3 is 1. The number of fused-ring (bicyclic) bond motifs is 1. The molecule has 0 unspecified atom stereocenters. The van der Waals surface area contributed by atoms with Gasteiger partial charge < -0.3 is 19.1 Å². The van der Waals surface area contributed by atoms with Crippen LogP contribution in [0.15, 0.2) is 54.7 Å². The van der Waals surface area contributed by atoms with Gasteiger partial charge in [-0.25, -0.2) is 4.98 Å². The standard InChI is InChI=1S/C30H36ClN3O3/c1-21-22(2)28(36-17-18-37-30-9-4-5-14-32-30)13-11-25(21)27-8-6-7-24-20-33(15-16-34(24)27)23-10-12-26(31)29(19-23)35-3/h4-5,9-14,19,24,27H,6-8,15-18,20H2,1-3H3/t24-,27+/m0/s1. The topological polar surface area (TPSA) is 47.1 Å². The Hall–Kier alpha value is -2.96. The summed E-state index contributed by atoms with van der Waals surface area (Å²) in [6, 6.07) is 17.1. The predicted octanol–water partition coefficient (Wildman–Crippen LogP) is 6.23. The molecule has 2 aliphatic heterocycles. The van der Waals surface area contributed by atoms with E-state index in [0.717, 1.165) is 31.1 Å². The van der Waals surface area contributed by atoms with Crippen molar-refractivity contribution in [3.63, 3.8) is 0 Å². The van der Waals surface area contributed by atoms with Gasteiger partial charge in [-0.1, -0.05) is 23.7 Å². The van der Waals surface area contributed by atoms with Crippen LogP contribution in [0.1, 0.15) is 42.0 Å². The first-order valence-corrected chi connectivity index (χ1v) is 13.5. The quantitative estimate of drug-likeness (QED) is 0.327. The molecule has 3 heterocycles. The van der Waals surface area contributed by atoms with E-state index in [-0.39, 0.29) is 0 Å². The predicted molar refractivity (Wildman–Crippen MR) is 148 cm³/mol. The molecule has 3 aromatic rings. The molecule has 196 valence electrons. The second-order valence-corrected chi connectivity index (χ2v) is 10.3. The van der Waals surface area contributed by atoms with Gasteiger partial charge in [0.25, 0.3) is 0 Å². The molecule has 0 aliphatic carbocycles. The highest BCUT2D eigenvalue weighted by Gasteiger charge is 2.36. The number of ether oxygens (including phenoxy) is 3. The highest BCUT2D eigenvalue weighted by molar-refractivity contribution is 6.32. The van der Waals surface area contributed by atoms with Gasteiger partial charge in [-0.15, -0.1) is 0 Å². The van der Waals surface area contributed by atoms with E-state index in [1.165, 1.54) is 41.6 Å². The van der Waals surface area contributed by atoms with Gasteiger partial charge in [0, 0.05) is 55.7 Å². The van der Waals surface area contributed by atoms with Crippen LogP contribution in [0.2, 0.25) is 5.02 Å². The number of pyridine rings is 1. The van der Waals surface area contributed by atoms with Crippen molar-refractivity contribution in [3.05, 3.63) is 76.4 Å². The van der Waals surface area contributed by atoms with Crippen LogP contribution in [0.5, 0.6) is 17.4 Å². The number of nitrogens with zero attached hydrogens (tertiary/aromatic N) is 3. The second-order valence-electron chi connectivity index (χ2n) is 9.87. The molecule has 2 atom stereocenters. The fourth-order valence-corrected chi connectivity index (χ4v) is 5.92. The lowest BCUT2D eigenvalue weighted by atomic mass is 9.86. The van der Waals surface area contributed by atoms with E-state index < -0.39 is 0 Å². The molecule has 1 aromatic heterocycles. The van der Waals surface area contributed by atoms with Crippen LogP contribution in [0.25, 0.3) is 0 Å². The van der Waals surface area contributed by atoms with Gasteiger partial charge in [-0.3, -0.25) is 4.90 Å². The van der Waals surface area contributed by atoms with E-state index in [2.05, 4.69) is 52.9 Å². The number of halogens is 1. The molecule has 7 heteroatoms. The number of rotatable bonds is 8. The third kappa shape index (κ3) is 5.65. The van der Waals surface area contributed by atoms with E-state index in [4.69, 9.17) is 25.8 Å². The summed E-state index contributed by atoms with van der Waals surface area (Å²) in [5.74, 6) is 2.29. The fourth-order valence-electron chi connectivity index (χ4n) is 5.73. The summed E-state index contributed by atoms with van der Waals surface area (Å²) in [7, 11) is 1.67. The van der Waals surface area contributed by atoms with Crippen LogP contribution >= 0.6 is 11.6 Å². The van der Waals surface area contributed by atoms with Gasteiger partial charge >= 0.3 is 0 Å². The van der Waals surface area contributed by atoms with Crippen molar-refractivity contribution in [1.82, 2.24) is 9.88 Å². The zero-order valence-electron chi connectivity index (χ0n) is 22.0. The number of piperidine rings is 1. The molecule has 0 amide bonds. The minimum absolute atomic E-state index is 0.445. The summed E-state index contributed by atoms with van der Waals surface area (Å²) in [6.45, 7) is 8.41. The first-order valence-electron chi connectivity index (χ1n) is 13.2. The summed E-state index contributed by atoms with van der Waals surface area (Å²) in [5, 5.41) is 0.654. The number of piperazine rings is 1. The number of aromatic nitrogens is 1. The van der Waals surface area contributed by atoms with E-state index in [1.807, 2.05) is 24.3 Å². The Labute approximate surface area is 225 Å². The maximum absolute atomic E-state index is 6.26. The lowest BCUT2D eigenvalue weighted by Gasteiger charge is -2.49. The van der Waals surface area contributed by atoms with Crippen LogP contribution in [0, 0.1) is 13.8 Å². The van der Waals surface area contributed by atoms with Crippen molar-refractivity contribution >= 4 is 17.3 Å². The molecule has 6 nitrogen and oxygen atoms in total. The van der Waals surface area contributed by atoms with Crippen molar-refractivity contribution in [2.24, 2.45) is 0 Å². The third-order valence-electron chi connectivity index (χ3n) is 7.81. The molecule has 0 N–H and O–H groups in total. The smallest absolute Gasteiger partial charge is 0.213 e. The minimum Gasteiger partial charge on any atom is -0.495 e. The molecule has 5 rings (SSSR count). The highest BCUT2D eigenvalue weighted by atomic mass is 35.5. The molecule has 0 spiro atoms. The molecule has 2 saturated heterocycles. The van der Waals surface area contributed by atoms with E-state index in [0.29, 0.717) is 36.2 Å². The number of benzene rings is 2. The summed E-state index contributed by atoms with van der Waals surface area (Å²) >= 11 is 6.26. The summed E-state index contributed by atoms with van der Waals surface area (Å²) in [4.78, 5) is 9.40. The molecular weight excluding hydrogens is 486 g/mol. The number of anilines is 1. The third-order valence-corrected chi connectivity index (χ3v) is 8.12. The zero-order chi connectivity index (χ0) is 25.8. The normalized spacial score (nSPS) is 19.8. The monoisotopic (exact) mass is 521 g/mol. The number of hydrogen-bond donors (Lipinski definition) is 0. The van der Waals surface area contributed by atoms with Gasteiger partial charge in [0.1, 0.15) is 24.7 Å². The largest absolute Gasteiger partial charge is 0.495 e. The van der Waals surface area contributed by atoms with Crippen LogP contribution in [-0.4, -0.2) is 55.9 Å². The minimum atomic E-state index is 0.445. The maximum Gasteiger partial charge on any atom is 0.213 e. The van der Waals surface area contributed by atoms with Crippen LogP contribution < -0.4 is 19.1 Å². The van der Waals surface area contributed by atoms with Crippen LogP contribution in [0.3, 0.4) is 0 Å². The van der Waals surface area contributed by atoms with Gasteiger partial charge in [0.2, 0.25) is 5.88 Å².